The van der Waals surface area contributed by atoms with Crippen LogP contribution in [0, 0.1) is 13.8 Å². The first-order chi connectivity index (χ1) is 12.1. The summed E-state index contributed by atoms with van der Waals surface area (Å²) in [5.74, 6) is 0.170. The zero-order valence-electron chi connectivity index (χ0n) is 15.0. The molecule has 0 aliphatic heterocycles. The summed E-state index contributed by atoms with van der Waals surface area (Å²) in [4.78, 5) is 14.1. The first-order valence-electron chi connectivity index (χ1n) is 8.65. The third-order valence-electron chi connectivity index (χ3n) is 4.35. The van der Waals surface area contributed by atoms with Crippen LogP contribution >= 0.6 is 0 Å². The minimum atomic E-state index is 0.170. The van der Waals surface area contributed by atoms with Crippen molar-refractivity contribution in [3.63, 3.8) is 0 Å². The van der Waals surface area contributed by atoms with Crippen LogP contribution in [0.5, 0.6) is 0 Å². The number of hydrogen-bond donors (Lipinski definition) is 0. The summed E-state index contributed by atoms with van der Waals surface area (Å²) < 4.78 is 0. The summed E-state index contributed by atoms with van der Waals surface area (Å²) in [6, 6.07) is 24.8. The minimum absolute atomic E-state index is 0.170. The van der Waals surface area contributed by atoms with Gasteiger partial charge in [0.05, 0.1) is 0 Å². The molecule has 0 radical (unpaired) electrons. The molecule has 0 heterocycles. The highest BCUT2D eigenvalue weighted by atomic mass is 16.1. The Labute approximate surface area is 149 Å². The molecule has 2 heteroatoms. The van der Waals surface area contributed by atoms with Gasteiger partial charge in [0.2, 0.25) is 0 Å². The SMILES string of the molecule is CCC(=O)c1ccc(N(c2ccc(C)cc2)c2ccc(C)cc2)cc1. The molecule has 0 bridgehead atoms. The molecule has 3 rings (SSSR count). The Balaban J connectivity index is 2.05. The van der Waals surface area contributed by atoms with Gasteiger partial charge in [-0.05, 0) is 62.4 Å². The number of nitrogens with zero attached hydrogens (tertiary/aromatic N) is 1. The number of rotatable bonds is 5. The second kappa shape index (κ2) is 7.35. The highest BCUT2D eigenvalue weighted by Crippen LogP contribution is 2.34. The van der Waals surface area contributed by atoms with E-state index in [-0.39, 0.29) is 5.78 Å². The van der Waals surface area contributed by atoms with Crippen LogP contribution in [0.2, 0.25) is 0 Å². The first kappa shape index (κ1) is 17.0. The third kappa shape index (κ3) is 3.80. The maximum absolute atomic E-state index is 11.9. The summed E-state index contributed by atoms with van der Waals surface area (Å²) in [6.45, 7) is 6.07. The van der Waals surface area contributed by atoms with Crippen molar-refractivity contribution in [1.29, 1.82) is 0 Å². The molecule has 3 aromatic rings. The van der Waals surface area contributed by atoms with Gasteiger partial charge in [0.15, 0.2) is 5.78 Å². The molecular formula is C23H23NO. The lowest BCUT2D eigenvalue weighted by Crippen LogP contribution is -2.10. The molecule has 0 amide bonds. The summed E-state index contributed by atoms with van der Waals surface area (Å²) in [5.41, 5.74) is 6.47. The quantitative estimate of drug-likeness (QED) is 0.507. The van der Waals surface area contributed by atoms with Crippen LogP contribution in [0.1, 0.15) is 34.8 Å². The van der Waals surface area contributed by atoms with Gasteiger partial charge in [-0.1, -0.05) is 42.3 Å². The highest BCUT2D eigenvalue weighted by molar-refractivity contribution is 5.96. The van der Waals surface area contributed by atoms with Crippen molar-refractivity contribution in [3.8, 4) is 0 Å². The van der Waals surface area contributed by atoms with Gasteiger partial charge in [-0.3, -0.25) is 4.79 Å². The maximum Gasteiger partial charge on any atom is 0.162 e. The van der Waals surface area contributed by atoms with E-state index in [4.69, 9.17) is 0 Å². The smallest absolute Gasteiger partial charge is 0.162 e. The molecule has 0 aliphatic carbocycles. The van der Waals surface area contributed by atoms with Crippen molar-refractivity contribution in [2.24, 2.45) is 0 Å². The summed E-state index contributed by atoms with van der Waals surface area (Å²) in [5, 5.41) is 0. The maximum atomic E-state index is 11.9. The fraction of sp³-hybridized carbons (Fsp3) is 0.174. The normalized spacial score (nSPS) is 10.5. The standard InChI is InChI=1S/C23H23NO/c1-4-23(25)19-9-15-22(16-10-19)24(20-11-5-17(2)6-12-20)21-13-7-18(3)8-14-21/h5-16H,4H2,1-3H3. The highest BCUT2D eigenvalue weighted by Gasteiger charge is 2.13. The molecule has 0 N–H and O–H groups in total. The summed E-state index contributed by atoms with van der Waals surface area (Å²) >= 11 is 0. The number of aryl methyl sites for hydroxylation is 2. The number of hydrogen-bond acceptors (Lipinski definition) is 2. The van der Waals surface area contributed by atoms with Gasteiger partial charge in [-0.25, -0.2) is 0 Å². The van der Waals surface area contributed by atoms with E-state index < -0.39 is 0 Å². The molecule has 0 spiro atoms. The fourth-order valence-electron chi connectivity index (χ4n) is 2.84. The Morgan fingerprint density at radius 1 is 0.680 bits per heavy atom. The van der Waals surface area contributed by atoms with Gasteiger partial charge in [0.25, 0.3) is 0 Å². The lowest BCUT2D eigenvalue weighted by molar-refractivity contribution is 0.0988. The zero-order valence-corrected chi connectivity index (χ0v) is 15.0. The minimum Gasteiger partial charge on any atom is -0.311 e. The molecule has 0 saturated carbocycles. The lowest BCUT2D eigenvalue weighted by Gasteiger charge is -2.26. The van der Waals surface area contributed by atoms with E-state index in [1.165, 1.54) is 11.1 Å². The van der Waals surface area contributed by atoms with Crippen LogP contribution in [0.15, 0.2) is 72.8 Å². The molecule has 0 aliphatic rings. The Bertz CT molecular complexity index is 801. The van der Waals surface area contributed by atoms with Crippen LogP contribution in [0.4, 0.5) is 17.1 Å². The average molecular weight is 329 g/mol. The van der Waals surface area contributed by atoms with E-state index in [0.29, 0.717) is 6.42 Å². The largest absolute Gasteiger partial charge is 0.311 e. The van der Waals surface area contributed by atoms with Crippen LogP contribution in [0.25, 0.3) is 0 Å². The van der Waals surface area contributed by atoms with E-state index in [2.05, 4.69) is 67.3 Å². The van der Waals surface area contributed by atoms with E-state index in [0.717, 1.165) is 22.6 Å². The van der Waals surface area contributed by atoms with Crippen molar-refractivity contribution >= 4 is 22.8 Å². The predicted molar refractivity (Wildman–Crippen MR) is 105 cm³/mol. The van der Waals surface area contributed by atoms with Gasteiger partial charge >= 0.3 is 0 Å². The Hall–Kier alpha value is -2.87. The van der Waals surface area contributed by atoms with E-state index >= 15 is 0 Å². The fourth-order valence-corrected chi connectivity index (χ4v) is 2.84. The third-order valence-corrected chi connectivity index (χ3v) is 4.35. The van der Waals surface area contributed by atoms with Gasteiger partial charge in [0.1, 0.15) is 0 Å². The van der Waals surface area contributed by atoms with Gasteiger partial charge in [0, 0.05) is 29.0 Å². The average Bonchev–Trinajstić information content (AvgIpc) is 2.65. The molecule has 126 valence electrons. The Morgan fingerprint density at radius 3 is 1.40 bits per heavy atom. The molecule has 0 atom stereocenters. The van der Waals surface area contributed by atoms with Crippen LogP contribution in [0.3, 0.4) is 0 Å². The number of carbonyl (C=O) groups excluding carboxylic acids is 1. The zero-order chi connectivity index (χ0) is 17.8. The number of Topliss-reactive ketones (excluding diaryl/α,β-unsaturated/α-hetero) is 1. The molecule has 0 unspecified atom stereocenters. The second-order valence-electron chi connectivity index (χ2n) is 6.33. The van der Waals surface area contributed by atoms with Crippen molar-refractivity contribution in [3.05, 3.63) is 89.5 Å². The molecule has 2 nitrogen and oxygen atoms in total. The molecule has 0 aromatic heterocycles. The second-order valence-corrected chi connectivity index (χ2v) is 6.33. The number of anilines is 3. The number of benzene rings is 3. The lowest BCUT2D eigenvalue weighted by atomic mass is 10.1. The summed E-state index contributed by atoms with van der Waals surface area (Å²) in [6.07, 6.45) is 0.527. The summed E-state index contributed by atoms with van der Waals surface area (Å²) in [7, 11) is 0. The Kier molecular flexibility index (Phi) is 4.99. The first-order valence-corrected chi connectivity index (χ1v) is 8.65. The van der Waals surface area contributed by atoms with Crippen LogP contribution < -0.4 is 4.90 Å². The van der Waals surface area contributed by atoms with Crippen molar-refractivity contribution < 1.29 is 4.79 Å². The topological polar surface area (TPSA) is 20.3 Å². The monoisotopic (exact) mass is 329 g/mol. The van der Waals surface area contributed by atoms with Crippen LogP contribution in [-0.4, -0.2) is 5.78 Å². The Morgan fingerprint density at radius 2 is 1.04 bits per heavy atom. The number of carbonyl (C=O) groups is 1. The van der Waals surface area contributed by atoms with Crippen molar-refractivity contribution in [1.82, 2.24) is 0 Å². The molecule has 0 fully saturated rings. The van der Waals surface area contributed by atoms with Gasteiger partial charge in [-0.15, -0.1) is 0 Å². The molecular weight excluding hydrogens is 306 g/mol. The predicted octanol–water partition coefficient (Wildman–Crippen LogP) is 6.37. The molecule has 25 heavy (non-hydrogen) atoms. The molecule has 0 saturated heterocycles. The van der Waals surface area contributed by atoms with E-state index in [1.807, 2.05) is 31.2 Å². The van der Waals surface area contributed by atoms with Crippen molar-refractivity contribution in [2.75, 3.05) is 4.90 Å². The van der Waals surface area contributed by atoms with E-state index in [1.54, 1.807) is 0 Å². The van der Waals surface area contributed by atoms with Gasteiger partial charge in [-0.2, -0.15) is 0 Å². The van der Waals surface area contributed by atoms with E-state index in [9.17, 15) is 4.79 Å². The van der Waals surface area contributed by atoms with Crippen LogP contribution in [-0.2, 0) is 0 Å². The van der Waals surface area contributed by atoms with Gasteiger partial charge < -0.3 is 4.90 Å². The molecule has 3 aromatic carbocycles. The van der Waals surface area contributed by atoms with Crippen molar-refractivity contribution in [2.45, 2.75) is 27.2 Å². The number of ketones is 1.